The first-order valence-corrected chi connectivity index (χ1v) is 6.71. The largest absolute Gasteiger partial charge is 0.399 e. The molecule has 3 rings (SSSR count). The topological polar surface area (TPSA) is 29.3 Å². The van der Waals surface area contributed by atoms with Crippen LogP contribution in [0.1, 0.15) is 17.5 Å². The molecule has 104 valence electrons. The smallest absolute Gasteiger partial charge is 0.131 e. The van der Waals surface area contributed by atoms with Gasteiger partial charge in [-0.1, -0.05) is 6.07 Å². The summed E-state index contributed by atoms with van der Waals surface area (Å²) in [6, 6.07) is 9.69. The second kappa shape index (κ2) is 5.12. The maximum absolute atomic E-state index is 13.8. The van der Waals surface area contributed by atoms with Gasteiger partial charge in [0.25, 0.3) is 0 Å². The quantitative estimate of drug-likeness (QED) is 0.849. The maximum Gasteiger partial charge on any atom is 0.131 e. The van der Waals surface area contributed by atoms with Crippen molar-refractivity contribution in [3.05, 3.63) is 59.2 Å². The van der Waals surface area contributed by atoms with E-state index in [0.29, 0.717) is 0 Å². The molecule has 0 aliphatic carbocycles. The van der Waals surface area contributed by atoms with Gasteiger partial charge in [0.2, 0.25) is 0 Å². The summed E-state index contributed by atoms with van der Waals surface area (Å²) in [4.78, 5) is 2.01. The van der Waals surface area contributed by atoms with Crippen LogP contribution in [0.4, 0.5) is 20.2 Å². The number of aryl methyl sites for hydroxylation is 1. The number of nitrogens with two attached hydrogens (primary N) is 1. The van der Waals surface area contributed by atoms with Crippen LogP contribution in [0.3, 0.4) is 0 Å². The van der Waals surface area contributed by atoms with E-state index in [1.807, 2.05) is 23.1 Å². The molecule has 0 unspecified atom stereocenters. The lowest BCUT2D eigenvalue weighted by Gasteiger charge is -2.31. The van der Waals surface area contributed by atoms with Crippen molar-refractivity contribution >= 4 is 11.4 Å². The third kappa shape index (κ3) is 2.33. The zero-order valence-corrected chi connectivity index (χ0v) is 11.1. The van der Waals surface area contributed by atoms with E-state index in [1.165, 1.54) is 18.2 Å². The monoisotopic (exact) mass is 274 g/mol. The summed E-state index contributed by atoms with van der Waals surface area (Å²) in [6.45, 7) is 1.04. The molecule has 0 fully saturated rings. The van der Waals surface area contributed by atoms with Gasteiger partial charge in [-0.25, -0.2) is 8.78 Å². The molecule has 0 amide bonds. The van der Waals surface area contributed by atoms with Crippen LogP contribution in [0.25, 0.3) is 0 Å². The summed E-state index contributed by atoms with van der Waals surface area (Å²) in [6.07, 6.45) is 1.92. The van der Waals surface area contributed by atoms with Crippen LogP contribution in [0.15, 0.2) is 36.4 Å². The highest BCUT2D eigenvalue weighted by molar-refractivity contribution is 5.61. The predicted molar refractivity (Wildman–Crippen MR) is 76.6 cm³/mol. The van der Waals surface area contributed by atoms with Crippen molar-refractivity contribution in [2.75, 3.05) is 17.2 Å². The van der Waals surface area contributed by atoms with E-state index in [4.69, 9.17) is 5.73 Å². The molecule has 0 spiro atoms. The maximum atomic E-state index is 13.8. The van der Waals surface area contributed by atoms with Crippen molar-refractivity contribution in [1.29, 1.82) is 0 Å². The molecule has 4 heteroatoms. The summed E-state index contributed by atoms with van der Waals surface area (Å²) in [7, 11) is 0. The molecule has 0 saturated heterocycles. The molecule has 0 atom stereocenters. The van der Waals surface area contributed by atoms with Gasteiger partial charge in [-0.3, -0.25) is 0 Å². The molecule has 2 aromatic rings. The Hall–Kier alpha value is -2.10. The number of nitrogen functional groups attached to an aromatic ring is 1. The van der Waals surface area contributed by atoms with Crippen LogP contribution in [0.5, 0.6) is 0 Å². The first-order chi connectivity index (χ1) is 9.65. The molecule has 20 heavy (non-hydrogen) atoms. The van der Waals surface area contributed by atoms with Crippen molar-refractivity contribution in [3.8, 4) is 0 Å². The molecule has 0 radical (unpaired) electrons. The molecule has 2 nitrogen and oxygen atoms in total. The Labute approximate surface area is 116 Å². The van der Waals surface area contributed by atoms with E-state index >= 15 is 0 Å². The van der Waals surface area contributed by atoms with E-state index in [0.717, 1.165) is 36.3 Å². The van der Waals surface area contributed by atoms with Gasteiger partial charge in [-0.15, -0.1) is 0 Å². The highest BCUT2D eigenvalue weighted by Gasteiger charge is 2.19. The Morgan fingerprint density at radius 2 is 1.85 bits per heavy atom. The Bertz CT molecular complexity index is 620. The summed E-state index contributed by atoms with van der Waals surface area (Å²) in [5, 5.41) is 0. The lowest BCUT2D eigenvalue weighted by Crippen LogP contribution is -2.29. The molecular weight excluding hydrogens is 258 g/mol. The summed E-state index contributed by atoms with van der Waals surface area (Å²) in [5.41, 5.74) is 8.80. The first kappa shape index (κ1) is 12.9. The lowest BCUT2D eigenvalue weighted by atomic mass is 10.00. The van der Waals surface area contributed by atoms with Crippen LogP contribution in [0, 0.1) is 11.6 Å². The van der Waals surface area contributed by atoms with Crippen LogP contribution in [-0.2, 0) is 13.0 Å². The molecule has 0 saturated carbocycles. The first-order valence-electron chi connectivity index (χ1n) is 6.71. The van der Waals surface area contributed by atoms with Crippen LogP contribution >= 0.6 is 0 Å². The number of nitrogens with zero attached hydrogens (tertiary/aromatic N) is 1. The van der Waals surface area contributed by atoms with Crippen LogP contribution < -0.4 is 10.6 Å². The van der Waals surface area contributed by atoms with E-state index in [1.54, 1.807) is 0 Å². The van der Waals surface area contributed by atoms with E-state index in [9.17, 15) is 8.78 Å². The van der Waals surface area contributed by atoms with Gasteiger partial charge in [0.15, 0.2) is 0 Å². The molecule has 1 heterocycles. The average Bonchev–Trinajstić information content (AvgIpc) is 2.42. The fourth-order valence-corrected chi connectivity index (χ4v) is 2.73. The number of rotatable bonds is 2. The number of benzene rings is 2. The van der Waals surface area contributed by atoms with Gasteiger partial charge >= 0.3 is 0 Å². The van der Waals surface area contributed by atoms with Crippen molar-refractivity contribution < 1.29 is 8.78 Å². The average molecular weight is 274 g/mol. The van der Waals surface area contributed by atoms with Gasteiger partial charge in [0.1, 0.15) is 11.6 Å². The number of fused-ring (bicyclic) bond motifs is 1. The lowest BCUT2D eigenvalue weighted by molar-refractivity contribution is 0.545. The Morgan fingerprint density at radius 1 is 1.10 bits per heavy atom. The number of halogens is 2. The van der Waals surface area contributed by atoms with Gasteiger partial charge in [-0.2, -0.15) is 0 Å². The third-order valence-electron chi connectivity index (χ3n) is 3.73. The number of hydrogen-bond donors (Lipinski definition) is 1. The minimum absolute atomic E-state index is 0.122. The van der Waals surface area contributed by atoms with E-state index in [-0.39, 0.29) is 12.1 Å². The van der Waals surface area contributed by atoms with Crippen molar-refractivity contribution in [2.24, 2.45) is 0 Å². The summed E-state index contributed by atoms with van der Waals surface area (Å²) >= 11 is 0. The summed E-state index contributed by atoms with van der Waals surface area (Å²) in [5.74, 6) is -0.986. The van der Waals surface area contributed by atoms with Crippen molar-refractivity contribution in [1.82, 2.24) is 0 Å². The second-order valence-corrected chi connectivity index (χ2v) is 5.11. The highest BCUT2D eigenvalue weighted by atomic mass is 19.1. The van der Waals surface area contributed by atoms with Gasteiger partial charge < -0.3 is 10.6 Å². The molecular formula is C16H16F2N2. The van der Waals surface area contributed by atoms with Gasteiger partial charge in [0, 0.05) is 30.0 Å². The minimum atomic E-state index is -0.493. The van der Waals surface area contributed by atoms with Crippen LogP contribution in [-0.4, -0.2) is 6.54 Å². The predicted octanol–water partition coefficient (Wildman–Crippen LogP) is 3.50. The Kier molecular flexibility index (Phi) is 3.30. The highest BCUT2D eigenvalue weighted by Crippen LogP contribution is 2.30. The fraction of sp³-hybridized carbons (Fsp3) is 0.250. The minimum Gasteiger partial charge on any atom is -0.399 e. The number of hydrogen-bond acceptors (Lipinski definition) is 2. The molecule has 0 bridgehead atoms. The molecule has 2 aromatic carbocycles. The van der Waals surface area contributed by atoms with Crippen molar-refractivity contribution in [2.45, 2.75) is 19.4 Å². The third-order valence-corrected chi connectivity index (χ3v) is 3.73. The molecule has 1 aliphatic heterocycles. The van der Waals surface area contributed by atoms with Crippen molar-refractivity contribution in [3.63, 3.8) is 0 Å². The normalized spacial score (nSPS) is 14.2. The second-order valence-electron chi connectivity index (χ2n) is 5.11. The number of anilines is 2. The molecule has 2 N–H and O–H groups in total. The van der Waals surface area contributed by atoms with Gasteiger partial charge in [0.05, 0.1) is 0 Å². The zero-order chi connectivity index (χ0) is 14.1. The fourth-order valence-electron chi connectivity index (χ4n) is 2.73. The van der Waals surface area contributed by atoms with Gasteiger partial charge in [-0.05, 0) is 48.7 Å². The zero-order valence-electron chi connectivity index (χ0n) is 11.1. The van der Waals surface area contributed by atoms with E-state index < -0.39 is 11.6 Å². The Morgan fingerprint density at radius 3 is 2.60 bits per heavy atom. The Balaban J connectivity index is 1.94. The molecule has 0 aromatic heterocycles. The van der Waals surface area contributed by atoms with Crippen LogP contribution in [0.2, 0.25) is 0 Å². The molecule has 1 aliphatic rings. The van der Waals surface area contributed by atoms with E-state index in [2.05, 4.69) is 0 Å². The SMILES string of the molecule is Nc1ccc2c(c1)CCCN2Cc1c(F)cccc1F. The summed E-state index contributed by atoms with van der Waals surface area (Å²) < 4.78 is 27.5. The standard InChI is InChI=1S/C16H16F2N2/c17-14-4-1-5-15(18)13(14)10-20-8-2-3-11-9-12(19)6-7-16(11)20/h1,4-7,9H,2-3,8,10,19H2.